The van der Waals surface area contributed by atoms with E-state index in [4.69, 9.17) is 0 Å². The molecule has 12 aromatic rings. The lowest BCUT2D eigenvalue weighted by atomic mass is 9.33. The number of rotatable bonds is 4. The Bertz CT molecular complexity index is 3900. The predicted molar refractivity (Wildman–Crippen MR) is 274 cm³/mol. The Morgan fingerprint density at radius 2 is 1.02 bits per heavy atom. The molecule has 0 saturated heterocycles. The van der Waals surface area contributed by atoms with Crippen molar-refractivity contribution in [3.63, 3.8) is 0 Å². The first-order valence-corrected chi connectivity index (χ1v) is 22.4. The molecule has 0 bridgehead atoms. The summed E-state index contributed by atoms with van der Waals surface area (Å²) < 4.78 is 2.64. The van der Waals surface area contributed by atoms with E-state index in [-0.39, 0.29) is 6.71 Å². The van der Waals surface area contributed by atoms with E-state index in [1.165, 1.54) is 127 Å². The van der Waals surface area contributed by atoms with E-state index in [0.29, 0.717) is 0 Å². The van der Waals surface area contributed by atoms with Gasteiger partial charge in [0.25, 0.3) is 6.71 Å². The Balaban J connectivity index is 1.16. The molecule has 2 aliphatic heterocycles. The molecule has 0 amide bonds. The number of hydrogen-bond donors (Lipinski definition) is 0. The average molecular weight is 811 g/mol. The summed E-state index contributed by atoms with van der Waals surface area (Å²) in [6, 6.07) is 81.8. The average Bonchev–Trinajstić information content (AvgIpc) is 3.69. The lowest BCUT2D eigenvalue weighted by Gasteiger charge is -2.41. The molecule has 0 spiro atoms. The first kappa shape index (κ1) is 35.5. The minimum atomic E-state index is -0.0265. The van der Waals surface area contributed by atoms with Crippen molar-refractivity contribution in [3.8, 4) is 39.1 Å². The normalized spacial score (nSPS) is 12.7. The molecule has 3 heteroatoms. The van der Waals surface area contributed by atoms with Gasteiger partial charge in [0.15, 0.2) is 0 Å². The Labute approximate surface area is 372 Å². The Morgan fingerprint density at radius 3 is 1.81 bits per heavy atom. The van der Waals surface area contributed by atoms with Gasteiger partial charge in [-0.1, -0.05) is 182 Å². The third-order valence-corrected chi connectivity index (χ3v) is 14.2. The molecule has 11 aromatic carbocycles. The number of nitrogens with zero attached hydrogens (tertiary/aromatic N) is 2. The summed E-state index contributed by atoms with van der Waals surface area (Å²) >= 11 is 0. The fourth-order valence-electron chi connectivity index (χ4n) is 11.4. The van der Waals surface area contributed by atoms with Gasteiger partial charge in [0.05, 0.1) is 11.0 Å². The molecule has 2 aliphatic rings. The maximum Gasteiger partial charge on any atom is 0.252 e. The van der Waals surface area contributed by atoms with Crippen molar-refractivity contribution in [3.05, 3.63) is 224 Å². The molecule has 0 fully saturated rings. The molecule has 296 valence electrons. The van der Waals surface area contributed by atoms with Crippen LogP contribution >= 0.6 is 0 Å². The van der Waals surface area contributed by atoms with Crippen molar-refractivity contribution in [2.24, 2.45) is 0 Å². The molecule has 0 aliphatic carbocycles. The van der Waals surface area contributed by atoms with Gasteiger partial charge in [0, 0.05) is 33.5 Å². The van der Waals surface area contributed by atoms with Crippen molar-refractivity contribution >= 4 is 94.3 Å². The standard InChI is InChI=1S/C61H39BN2/c1-38-23-31-51-55(33-38)64-57-37-46(49-22-12-19-42-17-8-10-20-48(42)49)36-56-60(57)62(53-35-45-25-24-43-18-9-11-21-50(43)58(45)59(51)61(53)64)52-34-44(40-15-6-3-7-16-40)28-32-54(52)63(56)47-29-26-41(27-30-47)39-13-4-2-5-14-39/h2-37H,1H3. The van der Waals surface area contributed by atoms with Crippen LogP contribution in [0.4, 0.5) is 17.1 Å². The van der Waals surface area contributed by atoms with Gasteiger partial charge in [0.1, 0.15) is 0 Å². The number of benzene rings is 11. The van der Waals surface area contributed by atoms with Crippen LogP contribution in [0.25, 0.3) is 93.2 Å². The van der Waals surface area contributed by atoms with Gasteiger partial charge in [-0.05, 0) is 131 Å². The number of aromatic nitrogens is 1. The van der Waals surface area contributed by atoms with Gasteiger partial charge in [0.2, 0.25) is 0 Å². The Kier molecular flexibility index (Phi) is 7.44. The highest BCUT2D eigenvalue weighted by molar-refractivity contribution is 7.00. The zero-order chi connectivity index (χ0) is 42.0. The molecule has 0 unspecified atom stereocenters. The maximum atomic E-state index is 2.64. The predicted octanol–water partition coefficient (Wildman–Crippen LogP) is 14.2. The topological polar surface area (TPSA) is 8.17 Å². The molecule has 3 heterocycles. The highest BCUT2D eigenvalue weighted by Crippen LogP contribution is 2.47. The minimum absolute atomic E-state index is 0.0265. The lowest BCUT2D eigenvalue weighted by molar-refractivity contribution is 1.18. The van der Waals surface area contributed by atoms with Crippen LogP contribution in [0, 0.1) is 6.92 Å². The van der Waals surface area contributed by atoms with Crippen LogP contribution in [0.2, 0.25) is 0 Å². The molecule has 64 heavy (non-hydrogen) atoms. The number of anilines is 3. The molecular weight excluding hydrogens is 771 g/mol. The van der Waals surface area contributed by atoms with Gasteiger partial charge in [-0.2, -0.15) is 0 Å². The Morgan fingerprint density at radius 1 is 0.375 bits per heavy atom. The molecule has 0 radical (unpaired) electrons. The van der Waals surface area contributed by atoms with Gasteiger partial charge in [-0.25, -0.2) is 0 Å². The third kappa shape index (κ3) is 5.04. The van der Waals surface area contributed by atoms with E-state index >= 15 is 0 Å². The summed E-state index contributed by atoms with van der Waals surface area (Å²) in [5.41, 5.74) is 19.9. The largest absolute Gasteiger partial charge is 0.311 e. The van der Waals surface area contributed by atoms with Crippen LogP contribution in [0.1, 0.15) is 5.56 Å². The molecular formula is C61H39BN2. The minimum Gasteiger partial charge on any atom is -0.311 e. The zero-order valence-electron chi connectivity index (χ0n) is 35.3. The summed E-state index contributed by atoms with van der Waals surface area (Å²) in [5.74, 6) is 0. The van der Waals surface area contributed by atoms with Crippen LogP contribution in [-0.2, 0) is 0 Å². The van der Waals surface area contributed by atoms with Crippen molar-refractivity contribution < 1.29 is 0 Å². The van der Waals surface area contributed by atoms with E-state index in [1.54, 1.807) is 0 Å². The summed E-state index contributed by atoms with van der Waals surface area (Å²) in [5, 5.41) is 10.3. The molecule has 14 rings (SSSR count). The second-order valence-electron chi connectivity index (χ2n) is 17.7. The fraction of sp³-hybridized carbons (Fsp3) is 0.0164. The highest BCUT2D eigenvalue weighted by Gasteiger charge is 2.43. The maximum absolute atomic E-state index is 2.64. The van der Waals surface area contributed by atoms with Gasteiger partial charge < -0.3 is 9.47 Å². The first-order valence-electron chi connectivity index (χ1n) is 22.4. The fourth-order valence-corrected chi connectivity index (χ4v) is 11.4. The summed E-state index contributed by atoms with van der Waals surface area (Å²) in [4.78, 5) is 2.55. The van der Waals surface area contributed by atoms with E-state index in [2.05, 4.69) is 235 Å². The quantitative estimate of drug-likeness (QED) is 0.127. The van der Waals surface area contributed by atoms with Crippen LogP contribution in [0.15, 0.2) is 218 Å². The molecule has 1 aromatic heterocycles. The van der Waals surface area contributed by atoms with E-state index in [1.807, 2.05) is 0 Å². The van der Waals surface area contributed by atoms with E-state index < -0.39 is 0 Å². The zero-order valence-corrected chi connectivity index (χ0v) is 35.3. The summed E-state index contributed by atoms with van der Waals surface area (Å²) in [7, 11) is 0. The highest BCUT2D eigenvalue weighted by atomic mass is 15.2. The van der Waals surface area contributed by atoms with Crippen molar-refractivity contribution in [1.29, 1.82) is 0 Å². The third-order valence-electron chi connectivity index (χ3n) is 14.2. The van der Waals surface area contributed by atoms with Crippen LogP contribution in [0.5, 0.6) is 0 Å². The SMILES string of the molecule is Cc1ccc2c3c4c(ccc5ccccc54)cc4c3n(c2c1)-c1cc(-c2cccc3ccccc23)cc2c1B4c1cc(-c3ccccc3)ccc1N2c1ccc(-c2ccccc2)cc1. The van der Waals surface area contributed by atoms with Crippen LogP contribution < -0.4 is 21.3 Å². The van der Waals surface area contributed by atoms with Crippen LogP contribution in [-0.4, -0.2) is 11.3 Å². The van der Waals surface area contributed by atoms with E-state index in [9.17, 15) is 0 Å². The monoisotopic (exact) mass is 810 g/mol. The smallest absolute Gasteiger partial charge is 0.252 e. The van der Waals surface area contributed by atoms with Gasteiger partial charge in [-0.3, -0.25) is 0 Å². The number of hydrogen-bond acceptors (Lipinski definition) is 1. The molecule has 0 N–H and O–H groups in total. The van der Waals surface area contributed by atoms with Crippen molar-refractivity contribution in [2.75, 3.05) is 4.90 Å². The van der Waals surface area contributed by atoms with E-state index in [0.717, 1.165) is 5.69 Å². The second kappa shape index (κ2) is 13.4. The summed E-state index contributed by atoms with van der Waals surface area (Å²) in [6.45, 7) is 2.20. The number of fused-ring (bicyclic) bond motifs is 12. The van der Waals surface area contributed by atoms with Crippen LogP contribution in [0.3, 0.4) is 0 Å². The Hall–Kier alpha value is -8.14. The second-order valence-corrected chi connectivity index (χ2v) is 17.7. The van der Waals surface area contributed by atoms with Gasteiger partial charge in [-0.15, -0.1) is 0 Å². The first-order chi connectivity index (χ1) is 31.7. The lowest BCUT2D eigenvalue weighted by Crippen LogP contribution is -2.60. The molecule has 0 saturated carbocycles. The molecule has 2 nitrogen and oxygen atoms in total. The number of aryl methyl sites for hydroxylation is 1. The van der Waals surface area contributed by atoms with Gasteiger partial charge >= 0.3 is 0 Å². The molecule has 0 atom stereocenters. The summed E-state index contributed by atoms with van der Waals surface area (Å²) in [6.07, 6.45) is 0. The van der Waals surface area contributed by atoms with Crippen molar-refractivity contribution in [2.45, 2.75) is 6.92 Å². The van der Waals surface area contributed by atoms with Crippen molar-refractivity contribution in [1.82, 2.24) is 4.57 Å².